The van der Waals surface area contributed by atoms with Gasteiger partial charge in [-0.25, -0.2) is 19.4 Å². The molecule has 28 heavy (non-hydrogen) atoms. The third kappa shape index (κ3) is 3.34. The third-order valence-electron chi connectivity index (χ3n) is 3.91. The van der Waals surface area contributed by atoms with Gasteiger partial charge in [-0.05, 0) is 47.6 Å². The highest BCUT2D eigenvalue weighted by Gasteiger charge is 2.19. The maximum absolute atomic E-state index is 11.8. The smallest absolute Gasteiger partial charge is 0.338 e. The molecule has 1 aromatic carbocycles. The van der Waals surface area contributed by atoms with Crippen LogP contribution in [-0.2, 0) is 4.74 Å². The van der Waals surface area contributed by atoms with E-state index in [-0.39, 0.29) is 17.3 Å². The zero-order valence-electron chi connectivity index (χ0n) is 15.1. The van der Waals surface area contributed by atoms with Crippen molar-refractivity contribution in [2.45, 2.75) is 6.92 Å². The van der Waals surface area contributed by atoms with Crippen molar-refractivity contribution in [1.82, 2.24) is 20.3 Å². The highest BCUT2D eigenvalue weighted by Crippen LogP contribution is 2.31. The number of nitrogens with one attached hydrogen (secondary N) is 1. The van der Waals surface area contributed by atoms with Crippen molar-refractivity contribution < 1.29 is 18.6 Å². The molecule has 1 N–H and O–H groups in total. The summed E-state index contributed by atoms with van der Waals surface area (Å²) in [7, 11) is 1.79. The number of benzene rings is 1. The summed E-state index contributed by atoms with van der Waals surface area (Å²) >= 11 is 0. The number of carbonyl (C=O) groups is 1. The highest BCUT2D eigenvalue weighted by molar-refractivity contribution is 5.90. The summed E-state index contributed by atoms with van der Waals surface area (Å²) in [4.78, 5) is 22.4. The van der Waals surface area contributed by atoms with Gasteiger partial charge in [0.1, 0.15) is 0 Å². The average Bonchev–Trinajstić information content (AvgIpc) is 3.39. The molecule has 4 rings (SSSR count). The van der Waals surface area contributed by atoms with Crippen LogP contribution in [0.3, 0.4) is 0 Å². The number of hydrogen-bond acceptors (Lipinski definition) is 10. The molecule has 3 heterocycles. The SMILES string of the molecule is CCOC(=O)c1ccc(Nc2nc3nonc3nc2N(C)c2ccco2)cc1. The van der Waals surface area contributed by atoms with E-state index in [1.54, 1.807) is 61.5 Å². The second kappa shape index (κ2) is 7.35. The molecule has 0 fully saturated rings. The highest BCUT2D eigenvalue weighted by atomic mass is 16.6. The molecule has 0 spiro atoms. The molecule has 0 atom stereocenters. The molecule has 10 heteroatoms. The molecule has 3 aromatic heterocycles. The van der Waals surface area contributed by atoms with Crippen molar-refractivity contribution in [3.8, 4) is 0 Å². The van der Waals surface area contributed by atoms with Crippen LogP contribution in [0.1, 0.15) is 17.3 Å². The molecule has 0 bridgehead atoms. The number of ether oxygens (including phenoxy) is 1. The fourth-order valence-electron chi connectivity index (χ4n) is 2.55. The van der Waals surface area contributed by atoms with Gasteiger partial charge in [0.15, 0.2) is 11.6 Å². The van der Waals surface area contributed by atoms with Crippen LogP contribution < -0.4 is 10.2 Å². The Hall–Kier alpha value is -3.95. The second-order valence-corrected chi connectivity index (χ2v) is 5.74. The molecule has 0 saturated carbocycles. The van der Waals surface area contributed by atoms with Gasteiger partial charge in [-0.3, -0.25) is 4.90 Å². The number of rotatable bonds is 6. The Balaban J connectivity index is 1.67. The zero-order valence-corrected chi connectivity index (χ0v) is 15.1. The molecule has 4 aromatic rings. The Morgan fingerprint density at radius 3 is 2.57 bits per heavy atom. The van der Waals surface area contributed by atoms with Crippen LogP contribution in [0.4, 0.5) is 23.2 Å². The number of esters is 1. The van der Waals surface area contributed by atoms with Crippen LogP contribution in [-0.4, -0.2) is 39.9 Å². The minimum Gasteiger partial charge on any atom is -0.462 e. The van der Waals surface area contributed by atoms with Gasteiger partial charge in [-0.1, -0.05) is 0 Å². The lowest BCUT2D eigenvalue weighted by atomic mass is 10.2. The predicted octanol–water partition coefficient (Wildman–Crippen LogP) is 3.29. The van der Waals surface area contributed by atoms with Crippen LogP contribution >= 0.6 is 0 Å². The lowest BCUT2D eigenvalue weighted by Crippen LogP contribution is -2.14. The van der Waals surface area contributed by atoms with E-state index in [1.807, 2.05) is 0 Å². The minimum atomic E-state index is -0.373. The van der Waals surface area contributed by atoms with Crippen LogP contribution in [0, 0.1) is 0 Å². The Bertz CT molecular complexity index is 1090. The number of nitrogens with zero attached hydrogens (tertiary/aromatic N) is 5. The summed E-state index contributed by atoms with van der Waals surface area (Å²) in [6, 6.07) is 10.4. The summed E-state index contributed by atoms with van der Waals surface area (Å²) in [5.74, 6) is 1.09. The Morgan fingerprint density at radius 1 is 1.14 bits per heavy atom. The fraction of sp³-hybridized carbons (Fsp3) is 0.167. The quantitative estimate of drug-likeness (QED) is 0.499. The normalized spacial score (nSPS) is 10.8. The number of hydrogen-bond donors (Lipinski definition) is 1. The van der Waals surface area contributed by atoms with Gasteiger partial charge in [0.05, 0.1) is 18.4 Å². The monoisotopic (exact) mass is 380 g/mol. The molecule has 0 aliphatic heterocycles. The van der Waals surface area contributed by atoms with Crippen LogP contribution in [0.15, 0.2) is 51.7 Å². The van der Waals surface area contributed by atoms with Gasteiger partial charge in [0, 0.05) is 18.8 Å². The van der Waals surface area contributed by atoms with Gasteiger partial charge < -0.3 is 14.5 Å². The van der Waals surface area contributed by atoms with E-state index in [9.17, 15) is 4.79 Å². The standard InChI is InChI=1S/C18H16N6O4/c1-3-26-18(25)11-6-8-12(9-7-11)19-16-17(24(2)13-5-4-10-27-13)21-15-14(20-16)22-28-23-15/h4-10H,3H2,1-2H3,(H,19,20,22). The van der Waals surface area contributed by atoms with E-state index in [0.717, 1.165) is 0 Å². The van der Waals surface area contributed by atoms with Crippen LogP contribution in [0.2, 0.25) is 0 Å². The summed E-state index contributed by atoms with van der Waals surface area (Å²) in [5.41, 5.74) is 1.70. The molecule has 10 nitrogen and oxygen atoms in total. The Labute approximate surface area is 159 Å². The van der Waals surface area contributed by atoms with Crippen LogP contribution in [0.5, 0.6) is 0 Å². The van der Waals surface area contributed by atoms with Crippen molar-refractivity contribution in [3.05, 3.63) is 48.2 Å². The molecular weight excluding hydrogens is 364 g/mol. The zero-order chi connectivity index (χ0) is 19.5. The maximum atomic E-state index is 11.8. The number of fused-ring (bicyclic) bond motifs is 1. The second-order valence-electron chi connectivity index (χ2n) is 5.74. The summed E-state index contributed by atoms with van der Waals surface area (Å²) in [6.45, 7) is 2.08. The number of carbonyl (C=O) groups excluding carboxylic acids is 1. The summed E-state index contributed by atoms with van der Waals surface area (Å²) < 4.78 is 15.1. The van der Waals surface area contributed by atoms with Crippen molar-refractivity contribution >= 4 is 40.5 Å². The number of anilines is 4. The molecule has 0 aliphatic rings. The van der Waals surface area contributed by atoms with Gasteiger partial charge in [0.25, 0.3) is 0 Å². The molecule has 0 amide bonds. The van der Waals surface area contributed by atoms with Crippen molar-refractivity contribution in [3.63, 3.8) is 0 Å². The predicted molar refractivity (Wildman–Crippen MR) is 99.8 cm³/mol. The van der Waals surface area contributed by atoms with Crippen molar-refractivity contribution in [2.75, 3.05) is 23.9 Å². The number of furan rings is 1. The fourth-order valence-corrected chi connectivity index (χ4v) is 2.55. The van der Waals surface area contributed by atoms with Gasteiger partial charge >= 0.3 is 5.97 Å². The lowest BCUT2D eigenvalue weighted by molar-refractivity contribution is 0.0526. The van der Waals surface area contributed by atoms with Gasteiger partial charge in [0.2, 0.25) is 17.2 Å². The minimum absolute atomic E-state index is 0.266. The summed E-state index contributed by atoms with van der Waals surface area (Å²) in [6.07, 6.45) is 1.57. The third-order valence-corrected chi connectivity index (χ3v) is 3.91. The van der Waals surface area contributed by atoms with Crippen molar-refractivity contribution in [2.24, 2.45) is 0 Å². The van der Waals surface area contributed by atoms with E-state index in [1.165, 1.54) is 0 Å². The first-order valence-electron chi connectivity index (χ1n) is 8.47. The Morgan fingerprint density at radius 2 is 1.89 bits per heavy atom. The lowest BCUT2D eigenvalue weighted by Gasteiger charge is -2.18. The first-order chi connectivity index (χ1) is 13.7. The average molecular weight is 380 g/mol. The molecule has 0 saturated heterocycles. The van der Waals surface area contributed by atoms with E-state index in [4.69, 9.17) is 13.8 Å². The topological polar surface area (TPSA) is 119 Å². The van der Waals surface area contributed by atoms with Crippen LogP contribution in [0.25, 0.3) is 11.3 Å². The molecule has 0 unspecified atom stereocenters. The maximum Gasteiger partial charge on any atom is 0.338 e. The Kier molecular flexibility index (Phi) is 4.58. The summed E-state index contributed by atoms with van der Waals surface area (Å²) in [5, 5.41) is 10.7. The largest absolute Gasteiger partial charge is 0.462 e. The van der Waals surface area contributed by atoms with Crippen molar-refractivity contribution in [1.29, 1.82) is 0 Å². The molecular formula is C18H16N6O4. The first-order valence-corrected chi connectivity index (χ1v) is 8.47. The van der Waals surface area contributed by atoms with E-state index in [0.29, 0.717) is 35.4 Å². The number of aromatic nitrogens is 4. The van der Waals surface area contributed by atoms with E-state index >= 15 is 0 Å². The molecule has 142 valence electrons. The van der Waals surface area contributed by atoms with E-state index in [2.05, 4.69) is 25.6 Å². The molecule has 0 radical (unpaired) electrons. The first kappa shape index (κ1) is 17.5. The van der Waals surface area contributed by atoms with E-state index < -0.39 is 0 Å². The van der Waals surface area contributed by atoms with Gasteiger partial charge in [-0.2, -0.15) is 0 Å². The van der Waals surface area contributed by atoms with Gasteiger partial charge in [-0.15, -0.1) is 0 Å². The molecule has 0 aliphatic carbocycles.